The largest absolute Gasteiger partial charge is 0.329 e. The highest BCUT2D eigenvalue weighted by molar-refractivity contribution is 5.01. The third-order valence-corrected chi connectivity index (χ3v) is 6.08. The van der Waals surface area contributed by atoms with Gasteiger partial charge in [-0.3, -0.25) is 4.90 Å². The van der Waals surface area contributed by atoms with Gasteiger partial charge in [0.1, 0.15) is 0 Å². The lowest BCUT2D eigenvalue weighted by atomic mass is 9.66. The van der Waals surface area contributed by atoms with Gasteiger partial charge in [-0.1, -0.05) is 20.8 Å². The third-order valence-electron chi connectivity index (χ3n) is 6.08. The second kappa shape index (κ2) is 6.55. The van der Waals surface area contributed by atoms with Crippen LogP contribution in [0.1, 0.15) is 59.3 Å². The van der Waals surface area contributed by atoms with Crippen LogP contribution < -0.4 is 5.73 Å². The molecule has 0 aromatic heterocycles. The van der Waals surface area contributed by atoms with E-state index >= 15 is 0 Å². The maximum absolute atomic E-state index is 6.31. The molecule has 3 heteroatoms. The number of nitrogens with zero attached hydrogens (tertiary/aromatic N) is 2. The molecular weight excluding hydrogens is 258 g/mol. The average Bonchev–Trinajstić information content (AvgIpc) is 2.85. The van der Waals surface area contributed by atoms with Crippen LogP contribution in [0.2, 0.25) is 0 Å². The predicted molar refractivity (Wildman–Crippen MR) is 91.5 cm³/mol. The van der Waals surface area contributed by atoms with E-state index in [1.807, 2.05) is 0 Å². The highest BCUT2D eigenvalue weighted by Crippen LogP contribution is 2.45. The number of rotatable bonds is 4. The van der Waals surface area contributed by atoms with Crippen LogP contribution in [-0.2, 0) is 0 Å². The fourth-order valence-corrected chi connectivity index (χ4v) is 4.70. The molecule has 1 heterocycles. The fourth-order valence-electron chi connectivity index (χ4n) is 4.70. The summed E-state index contributed by atoms with van der Waals surface area (Å²) >= 11 is 0. The Bertz CT molecular complexity index is 324. The van der Waals surface area contributed by atoms with Gasteiger partial charge >= 0.3 is 0 Å². The van der Waals surface area contributed by atoms with Gasteiger partial charge in [0, 0.05) is 24.7 Å². The summed E-state index contributed by atoms with van der Waals surface area (Å²) in [5.41, 5.74) is 7.05. The smallest absolute Gasteiger partial charge is 0.0335 e. The lowest BCUT2D eigenvalue weighted by Crippen LogP contribution is -2.59. The molecule has 0 aromatic carbocycles. The summed E-state index contributed by atoms with van der Waals surface area (Å²) in [7, 11) is 4.39. The molecule has 1 atom stereocenters. The van der Waals surface area contributed by atoms with Crippen LogP contribution in [-0.4, -0.2) is 55.1 Å². The van der Waals surface area contributed by atoms with Gasteiger partial charge in [0.2, 0.25) is 0 Å². The molecule has 1 saturated carbocycles. The second-order valence-corrected chi connectivity index (χ2v) is 8.82. The van der Waals surface area contributed by atoms with E-state index in [-0.39, 0.29) is 0 Å². The molecule has 3 nitrogen and oxygen atoms in total. The van der Waals surface area contributed by atoms with Gasteiger partial charge in [-0.25, -0.2) is 0 Å². The zero-order chi connectivity index (χ0) is 15.7. The molecule has 0 radical (unpaired) electrons. The summed E-state index contributed by atoms with van der Waals surface area (Å²) in [6.45, 7) is 10.5. The van der Waals surface area contributed by atoms with E-state index in [4.69, 9.17) is 5.73 Å². The van der Waals surface area contributed by atoms with Crippen LogP contribution in [0, 0.1) is 11.3 Å². The van der Waals surface area contributed by atoms with Crippen molar-refractivity contribution in [2.75, 3.05) is 33.7 Å². The van der Waals surface area contributed by atoms with Crippen molar-refractivity contribution in [1.29, 1.82) is 0 Å². The van der Waals surface area contributed by atoms with E-state index in [0.29, 0.717) is 11.0 Å². The molecule has 21 heavy (non-hydrogen) atoms. The van der Waals surface area contributed by atoms with Crippen LogP contribution >= 0.6 is 0 Å². The minimum Gasteiger partial charge on any atom is -0.329 e. The van der Waals surface area contributed by atoms with Crippen molar-refractivity contribution < 1.29 is 0 Å². The van der Waals surface area contributed by atoms with E-state index in [0.717, 1.165) is 18.5 Å². The van der Waals surface area contributed by atoms with E-state index in [1.165, 1.54) is 51.6 Å². The Morgan fingerprint density at radius 3 is 2.24 bits per heavy atom. The molecular formula is C18H37N3. The Kier molecular flexibility index (Phi) is 5.38. The van der Waals surface area contributed by atoms with Gasteiger partial charge in [-0.15, -0.1) is 0 Å². The third kappa shape index (κ3) is 3.80. The summed E-state index contributed by atoms with van der Waals surface area (Å²) in [4.78, 5) is 5.14. The second-order valence-electron chi connectivity index (χ2n) is 8.82. The highest BCUT2D eigenvalue weighted by Gasteiger charge is 2.45. The maximum Gasteiger partial charge on any atom is 0.0335 e. The maximum atomic E-state index is 6.31. The van der Waals surface area contributed by atoms with Crippen LogP contribution in [0.25, 0.3) is 0 Å². The molecule has 0 aromatic rings. The number of hydrogen-bond donors (Lipinski definition) is 1. The van der Waals surface area contributed by atoms with Crippen molar-refractivity contribution in [2.24, 2.45) is 17.1 Å². The lowest BCUT2D eigenvalue weighted by Gasteiger charge is -2.50. The van der Waals surface area contributed by atoms with Gasteiger partial charge in [0.05, 0.1) is 0 Å². The van der Waals surface area contributed by atoms with Crippen molar-refractivity contribution in [3.8, 4) is 0 Å². The number of likely N-dealkylation sites (tertiary alicyclic amines) is 1. The van der Waals surface area contributed by atoms with Crippen molar-refractivity contribution >= 4 is 0 Å². The van der Waals surface area contributed by atoms with Crippen LogP contribution in [0.15, 0.2) is 0 Å². The van der Waals surface area contributed by atoms with E-state index < -0.39 is 0 Å². The van der Waals surface area contributed by atoms with Crippen molar-refractivity contribution in [3.05, 3.63) is 0 Å². The summed E-state index contributed by atoms with van der Waals surface area (Å²) in [6.07, 6.45) is 8.01. The van der Waals surface area contributed by atoms with E-state index in [9.17, 15) is 0 Å². The zero-order valence-corrected chi connectivity index (χ0v) is 15.0. The first-order chi connectivity index (χ1) is 9.78. The first-order valence-electron chi connectivity index (χ1n) is 8.90. The molecule has 2 fully saturated rings. The summed E-state index contributed by atoms with van der Waals surface area (Å²) in [5.74, 6) is 0.868. The number of hydrogen-bond acceptors (Lipinski definition) is 3. The van der Waals surface area contributed by atoms with Gasteiger partial charge in [-0.05, 0) is 70.5 Å². The summed E-state index contributed by atoms with van der Waals surface area (Å²) in [5, 5.41) is 0. The quantitative estimate of drug-likeness (QED) is 0.865. The topological polar surface area (TPSA) is 32.5 Å². The van der Waals surface area contributed by atoms with Crippen molar-refractivity contribution in [1.82, 2.24) is 9.80 Å². The van der Waals surface area contributed by atoms with E-state index in [2.05, 4.69) is 44.7 Å². The van der Waals surface area contributed by atoms with Gasteiger partial charge in [-0.2, -0.15) is 0 Å². The summed E-state index contributed by atoms with van der Waals surface area (Å²) in [6, 6.07) is 0.717. The van der Waals surface area contributed by atoms with Crippen molar-refractivity contribution in [3.63, 3.8) is 0 Å². The van der Waals surface area contributed by atoms with Crippen LogP contribution in [0.3, 0.4) is 0 Å². The first kappa shape index (κ1) is 17.2. The molecule has 2 aliphatic rings. The minimum absolute atomic E-state index is 0.291. The van der Waals surface area contributed by atoms with E-state index in [1.54, 1.807) is 0 Å². The SMILES string of the molecule is CN(C)CC1CCCN1C1(CN)CCC(C(C)(C)C)CC1. The Labute approximate surface area is 132 Å². The monoisotopic (exact) mass is 295 g/mol. The Morgan fingerprint density at radius 2 is 1.76 bits per heavy atom. The first-order valence-corrected chi connectivity index (χ1v) is 8.90. The zero-order valence-electron chi connectivity index (χ0n) is 15.0. The number of likely N-dealkylation sites (N-methyl/N-ethyl adjacent to an activating group) is 1. The molecule has 1 unspecified atom stereocenters. The molecule has 1 aliphatic heterocycles. The molecule has 0 bridgehead atoms. The number of nitrogens with two attached hydrogens (primary N) is 1. The Morgan fingerprint density at radius 1 is 1.14 bits per heavy atom. The lowest BCUT2D eigenvalue weighted by molar-refractivity contribution is 0.00724. The normalized spacial score (nSPS) is 35.6. The molecule has 124 valence electrons. The molecule has 0 amide bonds. The Balaban J connectivity index is 2.05. The standard InChI is InChI=1S/C18H37N3/c1-17(2,3)15-8-10-18(14-19,11-9-15)21-12-6-7-16(21)13-20(4)5/h15-16H,6-14,19H2,1-5H3. The highest BCUT2D eigenvalue weighted by atomic mass is 15.3. The fraction of sp³-hybridized carbons (Fsp3) is 1.00. The van der Waals surface area contributed by atoms with Gasteiger partial charge in [0.15, 0.2) is 0 Å². The van der Waals surface area contributed by atoms with Crippen LogP contribution in [0.4, 0.5) is 0 Å². The molecule has 2 N–H and O–H groups in total. The van der Waals surface area contributed by atoms with Gasteiger partial charge < -0.3 is 10.6 Å². The van der Waals surface area contributed by atoms with Gasteiger partial charge in [0.25, 0.3) is 0 Å². The Hall–Kier alpha value is -0.120. The molecule has 2 rings (SSSR count). The summed E-state index contributed by atoms with van der Waals surface area (Å²) < 4.78 is 0. The average molecular weight is 296 g/mol. The predicted octanol–water partition coefficient (Wildman–Crippen LogP) is 2.95. The molecule has 1 aliphatic carbocycles. The molecule has 1 saturated heterocycles. The minimum atomic E-state index is 0.291. The van der Waals surface area contributed by atoms with Crippen molar-refractivity contribution in [2.45, 2.75) is 70.9 Å². The molecule has 0 spiro atoms. The van der Waals surface area contributed by atoms with Crippen LogP contribution in [0.5, 0.6) is 0 Å².